The van der Waals surface area contributed by atoms with Crippen LogP contribution in [-0.4, -0.2) is 128 Å². The third-order valence-electron chi connectivity index (χ3n) is 4.38. The van der Waals surface area contributed by atoms with Crippen LogP contribution in [0.4, 0.5) is 10.2 Å². The lowest BCUT2D eigenvalue weighted by atomic mass is 9.41. The van der Waals surface area contributed by atoms with Crippen LogP contribution in [0.5, 0.6) is 5.75 Å². The van der Waals surface area contributed by atoms with Crippen LogP contribution >= 0.6 is 0 Å². The first-order valence-electron chi connectivity index (χ1n) is 9.44. The number of piperazine rings is 1. The molecule has 2 heterocycles. The maximum Gasteiger partial charge on any atom is 0.169 e. The lowest BCUT2D eigenvalue weighted by Crippen LogP contribution is -2.63. The number of hydrogen-bond donors (Lipinski definition) is 1. The van der Waals surface area contributed by atoms with Crippen LogP contribution in [0.1, 0.15) is 0 Å². The molecule has 14 radical (unpaired) electrons. The van der Waals surface area contributed by atoms with Crippen molar-refractivity contribution in [2.45, 2.75) is 23.5 Å². The molecule has 1 N–H and O–H groups in total. The summed E-state index contributed by atoms with van der Waals surface area (Å²) in [6.45, 7) is 6.29. The lowest BCUT2D eigenvalue weighted by molar-refractivity contribution is 0.0166. The van der Waals surface area contributed by atoms with E-state index in [1.807, 2.05) is 11.9 Å². The number of nitrogens with one attached hydrogen (secondary N) is 1. The van der Waals surface area contributed by atoms with Crippen LogP contribution in [0.2, 0.25) is 6.82 Å². The summed E-state index contributed by atoms with van der Waals surface area (Å²) in [4.78, 5) is 8.28. The van der Waals surface area contributed by atoms with Gasteiger partial charge >= 0.3 is 0 Å². The summed E-state index contributed by atoms with van der Waals surface area (Å²) >= 11 is 0. The zero-order valence-electron chi connectivity index (χ0n) is 17.6. The summed E-state index contributed by atoms with van der Waals surface area (Å²) in [6, 6.07) is 1.10. The molecule has 6 nitrogen and oxygen atoms in total. The first kappa shape index (κ1) is 27.0. The molecule has 146 valence electrons. The Morgan fingerprint density at radius 2 is 1.73 bits per heavy atom. The number of halogens is 1. The second-order valence-corrected chi connectivity index (χ2v) is 6.68. The Kier molecular flexibility index (Phi) is 11.0. The molecule has 30 heavy (non-hydrogen) atoms. The Labute approximate surface area is 188 Å². The Morgan fingerprint density at radius 3 is 2.23 bits per heavy atom. The van der Waals surface area contributed by atoms with E-state index in [4.69, 9.17) is 56.6 Å². The average Bonchev–Trinajstić information content (AvgIpc) is 2.67. The van der Waals surface area contributed by atoms with E-state index in [1.165, 1.54) is 13.0 Å². The fourth-order valence-electron chi connectivity index (χ4n) is 2.75. The van der Waals surface area contributed by atoms with Gasteiger partial charge in [0.05, 0.1) is 29.7 Å². The number of nitrogens with zero attached hydrogens (tertiary/aromatic N) is 3. The summed E-state index contributed by atoms with van der Waals surface area (Å²) in [7, 11) is 39.8. The van der Waals surface area contributed by atoms with Crippen molar-refractivity contribution in [2.24, 2.45) is 0 Å². The van der Waals surface area contributed by atoms with E-state index in [-0.39, 0.29) is 11.6 Å². The number of anilines is 1. The van der Waals surface area contributed by atoms with Gasteiger partial charge in [0.15, 0.2) is 11.6 Å². The van der Waals surface area contributed by atoms with E-state index in [0.717, 1.165) is 32.2 Å². The summed E-state index contributed by atoms with van der Waals surface area (Å²) in [6.07, 6.45) is 1.28. The molecule has 0 amide bonds. The number of hydrogen-bond acceptors (Lipinski definition) is 6. The number of ether oxygens (including phenoxy) is 2. The predicted molar refractivity (Wildman–Crippen MR) is 124 cm³/mol. The number of rotatable bonds is 9. The third-order valence-corrected chi connectivity index (χ3v) is 4.38. The standard InChI is InChI=1S/C15H19B6FN4O2.CH3B/c1-23-2-3-25-4-6-26(7-5-25)12-11(22)8-10(9-24-12)27-14(18,19)15(20,21)28-13(16)17;1-2/h8-9,13,23H,2-7H2,1H3;1H3. The van der Waals surface area contributed by atoms with Gasteiger partial charge in [0.25, 0.3) is 0 Å². The highest BCUT2D eigenvalue weighted by atomic mass is 19.1. The quantitative estimate of drug-likeness (QED) is 0.476. The van der Waals surface area contributed by atoms with Crippen LogP contribution < -0.4 is 15.0 Å². The summed E-state index contributed by atoms with van der Waals surface area (Å²) in [5.74, 6) is -1.79. The summed E-state index contributed by atoms with van der Waals surface area (Å²) in [5.41, 5.74) is 0. The Bertz CT molecular complexity index is 650. The van der Waals surface area contributed by atoms with E-state index in [2.05, 4.69) is 23.0 Å². The van der Waals surface area contributed by atoms with Gasteiger partial charge < -0.3 is 19.7 Å². The number of likely N-dealkylation sites (N-methyl/N-ethyl adjacent to an activating group) is 1. The molecule has 0 spiro atoms. The third kappa shape index (κ3) is 7.61. The van der Waals surface area contributed by atoms with Crippen LogP contribution in [0.3, 0.4) is 0 Å². The topological polar surface area (TPSA) is 49.9 Å². The molecule has 0 aromatic carbocycles. The average molecular weight is 397 g/mol. The van der Waals surface area contributed by atoms with E-state index >= 15 is 0 Å². The number of pyridine rings is 1. The first-order chi connectivity index (χ1) is 14.1. The normalized spacial score (nSPS) is 15.5. The fourth-order valence-corrected chi connectivity index (χ4v) is 2.75. The molecule has 1 aliphatic rings. The van der Waals surface area contributed by atoms with Gasteiger partial charge in [-0.15, -0.1) is 0 Å². The molecule has 0 aliphatic carbocycles. The van der Waals surface area contributed by atoms with E-state index in [9.17, 15) is 4.39 Å². The molecule has 0 saturated carbocycles. The van der Waals surface area contributed by atoms with Crippen LogP contribution in [0, 0.1) is 5.82 Å². The number of aromatic nitrogens is 1. The maximum atomic E-state index is 14.6. The molecule has 0 unspecified atom stereocenters. The first-order valence-corrected chi connectivity index (χ1v) is 9.44. The van der Waals surface area contributed by atoms with Gasteiger partial charge in [-0.1, -0.05) is 6.82 Å². The molecule has 1 aromatic rings. The minimum atomic E-state index is -2.25. The highest BCUT2D eigenvalue weighted by molar-refractivity contribution is 6.53. The van der Waals surface area contributed by atoms with Crippen molar-refractivity contribution in [3.05, 3.63) is 18.1 Å². The van der Waals surface area contributed by atoms with E-state index in [0.29, 0.717) is 13.1 Å². The zero-order chi connectivity index (χ0) is 22.9. The van der Waals surface area contributed by atoms with Crippen molar-refractivity contribution < 1.29 is 13.9 Å². The van der Waals surface area contributed by atoms with Crippen molar-refractivity contribution >= 4 is 60.7 Å². The molecule has 14 heteroatoms. The van der Waals surface area contributed by atoms with Crippen molar-refractivity contribution in [2.75, 3.05) is 51.2 Å². The molecule has 1 aliphatic heterocycles. The van der Waals surface area contributed by atoms with E-state index < -0.39 is 22.5 Å². The molecule has 0 bridgehead atoms. The van der Waals surface area contributed by atoms with Crippen molar-refractivity contribution in [3.8, 4) is 5.75 Å². The smallest absolute Gasteiger partial charge is 0.169 e. The molecule has 0 atom stereocenters. The second kappa shape index (κ2) is 12.2. The highest BCUT2D eigenvalue weighted by Crippen LogP contribution is 2.27. The van der Waals surface area contributed by atoms with Crippen LogP contribution in [0.25, 0.3) is 0 Å². The fraction of sp³-hybridized carbons (Fsp3) is 0.688. The summed E-state index contributed by atoms with van der Waals surface area (Å²) < 4.78 is 24.7. The zero-order valence-corrected chi connectivity index (χ0v) is 17.6. The van der Waals surface area contributed by atoms with Gasteiger partial charge in [-0.2, -0.15) is 0 Å². The molecule has 1 fully saturated rings. The van der Waals surface area contributed by atoms with Crippen LogP contribution in [-0.2, 0) is 4.74 Å². The van der Waals surface area contributed by atoms with Gasteiger partial charge in [-0.05, 0) is 13.0 Å². The lowest BCUT2D eigenvalue weighted by Gasteiger charge is -2.45. The molecular formula is C16H22B7FN4O2. The molecule has 1 saturated heterocycles. The Balaban J connectivity index is 0.00000218. The SMILES string of the molecule is [B]C.[B]C([B])OC([B])([B])C([B])([B])Oc1cnc(N2CCN(CCNC)CC2)c(F)c1. The minimum absolute atomic E-state index is 0.0756. The monoisotopic (exact) mass is 398 g/mol. The van der Waals surface area contributed by atoms with E-state index in [1.54, 1.807) is 0 Å². The second-order valence-electron chi connectivity index (χ2n) is 6.68. The van der Waals surface area contributed by atoms with Crippen molar-refractivity contribution in [1.29, 1.82) is 0 Å². The minimum Gasteiger partial charge on any atom is -0.504 e. The Hall–Kier alpha value is -0.985. The Morgan fingerprint density at radius 1 is 1.13 bits per heavy atom. The molecule has 1 aromatic heterocycles. The molecular weight excluding hydrogens is 375 g/mol. The molecule has 2 rings (SSSR count). The largest absolute Gasteiger partial charge is 0.504 e. The highest BCUT2D eigenvalue weighted by Gasteiger charge is 2.38. The van der Waals surface area contributed by atoms with Crippen molar-refractivity contribution in [3.63, 3.8) is 0 Å². The predicted octanol–water partition coefficient (Wildman–Crippen LogP) is -2.24. The summed E-state index contributed by atoms with van der Waals surface area (Å²) in [5, 5.41) is -1.38. The van der Waals surface area contributed by atoms with Crippen molar-refractivity contribution in [1.82, 2.24) is 15.2 Å². The maximum absolute atomic E-state index is 14.6. The van der Waals surface area contributed by atoms with Gasteiger partial charge in [-0.25, -0.2) is 9.37 Å². The van der Waals surface area contributed by atoms with Gasteiger partial charge in [0.2, 0.25) is 0 Å². The van der Waals surface area contributed by atoms with Gasteiger partial charge in [0.1, 0.15) is 37.1 Å². The van der Waals surface area contributed by atoms with Gasteiger partial charge in [0, 0.05) is 56.1 Å². The van der Waals surface area contributed by atoms with Crippen LogP contribution in [0.15, 0.2) is 12.3 Å². The van der Waals surface area contributed by atoms with Gasteiger partial charge in [-0.3, -0.25) is 4.90 Å².